The van der Waals surface area contributed by atoms with Crippen LogP contribution in [0.5, 0.6) is 0 Å². The summed E-state index contributed by atoms with van der Waals surface area (Å²) < 4.78 is 7.97. The summed E-state index contributed by atoms with van der Waals surface area (Å²) >= 11 is 13.2. The summed E-state index contributed by atoms with van der Waals surface area (Å²) in [6.45, 7) is 22.4. The van der Waals surface area contributed by atoms with Crippen molar-refractivity contribution in [1.82, 2.24) is 14.4 Å². The van der Waals surface area contributed by atoms with Crippen molar-refractivity contribution < 1.29 is 9.53 Å². The number of hydrogen-bond donors (Lipinski definition) is 1. The number of nitrogens with one attached hydrogen (secondary N) is 1. The lowest BCUT2D eigenvalue weighted by Crippen LogP contribution is -2.49. The van der Waals surface area contributed by atoms with Gasteiger partial charge in [0.1, 0.15) is 22.6 Å². The predicted molar refractivity (Wildman–Crippen MR) is 191 cm³/mol. The standard InChI is InChI=1S/C38H55Cl2N3O3/c1-22(2)12-11-13-23(3)14-19-29-41-34-31(30(25-15-17-26(39)18-16-25)33(40)43(34)36(45)42-29)35(44)46-32-27(37(5,6)7)20-24(4)21-28(32)38(8,9)10/h15-18,22-24,27-28,32H,11-14,19-21H2,1-10H3,(H,41,42,45). The number of carbonyl (C=O) groups is 1. The summed E-state index contributed by atoms with van der Waals surface area (Å²) in [5.74, 6) is 2.08. The van der Waals surface area contributed by atoms with E-state index in [1.54, 1.807) is 12.1 Å². The molecule has 0 spiro atoms. The van der Waals surface area contributed by atoms with Crippen molar-refractivity contribution in [3.63, 3.8) is 0 Å². The second-order valence-corrected chi connectivity index (χ2v) is 17.3. The molecule has 2 aromatic heterocycles. The first kappa shape index (κ1) is 36.5. The fraction of sp³-hybridized carbons (Fsp3) is 0.658. The number of nitrogens with zero attached hydrogens (tertiary/aromatic N) is 2. The van der Waals surface area contributed by atoms with Gasteiger partial charge < -0.3 is 4.74 Å². The Morgan fingerprint density at radius 2 is 1.57 bits per heavy atom. The molecule has 3 unspecified atom stereocenters. The van der Waals surface area contributed by atoms with Crippen LogP contribution in [0.15, 0.2) is 29.1 Å². The number of ether oxygens (including phenoxy) is 1. The molecule has 0 amide bonds. The third kappa shape index (κ3) is 8.39. The van der Waals surface area contributed by atoms with Crippen molar-refractivity contribution in [2.24, 2.45) is 40.4 Å². The topological polar surface area (TPSA) is 76.5 Å². The number of aromatic nitrogens is 3. The number of hydrogen-bond acceptors (Lipinski definition) is 4. The third-order valence-corrected chi connectivity index (χ3v) is 10.7. The predicted octanol–water partition coefficient (Wildman–Crippen LogP) is 10.7. The van der Waals surface area contributed by atoms with Crippen LogP contribution in [0.2, 0.25) is 10.2 Å². The van der Waals surface area contributed by atoms with Gasteiger partial charge in [0.05, 0.1) is 0 Å². The van der Waals surface area contributed by atoms with Crippen molar-refractivity contribution in [3.8, 4) is 11.1 Å². The zero-order valence-corrected chi connectivity index (χ0v) is 31.1. The van der Waals surface area contributed by atoms with Crippen molar-refractivity contribution >= 4 is 34.8 Å². The smallest absolute Gasteiger partial charge is 0.342 e. The lowest BCUT2D eigenvalue weighted by molar-refractivity contribution is -0.0922. The number of fused-ring (bicyclic) bond motifs is 1. The summed E-state index contributed by atoms with van der Waals surface area (Å²) in [5.41, 5.74) is 0.999. The molecule has 0 bridgehead atoms. The van der Waals surface area contributed by atoms with Gasteiger partial charge in [0.15, 0.2) is 5.65 Å². The Bertz CT molecular complexity index is 1540. The molecular formula is C38H55Cl2N3O3. The van der Waals surface area contributed by atoms with Crippen LogP contribution in [-0.4, -0.2) is 26.4 Å². The van der Waals surface area contributed by atoms with Crippen LogP contribution >= 0.6 is 23.2 Å². The molecular weight excluding hydrogens is 617 g/mol. The van der Waals surface area contributed by atoms with Gasteiger partial charge in [0.25, 0.3) is 0 Å². The number of aryl methyl sites for hydroxylation is 1. The summed E-state index contributed by atoms with van der Waals surface area (Å²) in [7, 11) is 0. The zero-order chi connectivity index (χ0) is 34.1. The molecule has 3 atom stereocenters. The molecule has 6 nitrogen and oxygen atoms in total. The molecule has 8 heteroatoms. The van der Waals surface area contributed by atoms with Gasteiger partial charge in [-0.3, -0.25) is 4.98 Å². The van der Waals surface area contributed by atoms with Crippen LogP contribution < -0.4 is 5.69 Å². The van der Waals surface area contributed by atoms with E-state index in [1.165, 1.54) is 17.2 Å². The first-order valence-corrected chi connectivity index (χ1v) is 17.9. The highest BCUT2D eigenvalue weighted by atomic mass is 35.5. The molecule has 0 aliphatic heterocycles. The van der Waals surface area contributed by atoms with Gasteiger partial charge in [-0.2, -0.15) is 0 Å². The molecule has 0 saturated heterocycles. The second kappa shape index (κ2) is 14.4. The number of benzene rings is 1. The van der Waals surface area contributed by atoms with E-state index < -0.39 is 11.7 Å². The fourth-order valence-corrected chi connectivity index (χ4v) is 7.79. The van der Waals surface area contributed by atoms with Crippen molar-refractivity contribution in [2.45, 2.75) is 120 Å². The zero-order valence-electron chi connectivity index (χ0n) is 29.6. The van der Waals surface area contributed by atoms with Crippen LogP contribution in [0.25, 0.3) is 16.8 Å². The largest absolute Gasteiger partial charge is 0.458 e. The maximum absolute atomic E-state index is 14.6. The number of halogens is 2. The minimum absolute atomic E-state index is 0.0724. The molecule has 1 N–H and O–H groups in total. The summed E-state index contributed by atoms with van der Waals surface area (Å²) in [4.78, 5) is 36.0. The summed E-state index contributed by atoms with van der Waals surface area (Å²) in [5, 5.41) is 0.689. The maximum Gasteiger partial charge on any atom is 0.342 e. The molecule has 46 heavy (non-hydrogen) atoms. The Kier molecular flexibility index (Phi) is 11.5. The second-order valence-electron chi connectivity index (χ2n) is 16.6. The van der Waals surface area contributed by atoms with Gasteiger partial charge >= 0.3 is 11.7 Å². The lowest BCUT2D eigenvalue weighted by Gasteiger charge is -2.50. The number of esters is 1. The highest BCUT2D eigenvalue weighted by Crippen LogP contribution is 2.50. The monoisotopic (exact) mass is 671 g/mol. The first-order valence-electron chi connectivity index (χ1n) is 17.2. The fourth-order valence-electron chi connectivity index (χ4n) is 7.30. The Hall–Kier alpha value is -2.31. The van der Waals surface area contributed by atoms with Crippen LogP contribution in [0.3, 0.4) is 0 Å². The average Bonchev–Trinajstić information content (AvgIpc) is 3.24. The molecule has 2 heterocycles. The Labute approximate surface area is 286 Å². The van der Waals surface area contributed by atoms with Gasteiger partial charge in [-0.15, -0.1) is 0 Å². The highest BCUT2D eigenvalue weighted by Gasteiger charge is 2.48. The molecule has 0 radical (unpaired) electrons. The molecule has 4 rings (SSSR count). The first-order chi connectivity index (χ1) is 21.4. The number of carbonyl (C=O) groups excluding carboxylic acids is 1. The molecule has 3 aromatic rings. The molecule has 1 aliphatic rings. The van der Waals surface area contributed by atoms with Crippen LogP contribution in [-0.2, 0) is 11.2 Å². The Morgan fingerprint density at radius 3 is 2.11 bits per heavy atom. The van der Waals surface area contributed by atoms with Crippen LogP contribution in [0.4, 0.5) is 0 Å². The van der Waals surface area contributed by atoms with E-state index in [0.29, 0.717) is 46.1 Å². The van der Waals surface area contributed by atoms with E-state index in [9.17, 15) is 9.59 Å². The SMILES string of the molecule is CC(C)CCCC(C)CCc1nc2c(C(=O)OC3C(C(C)(C)C)CC(C)CC3C(C)(C)C)c(-c3ccc(Cl)cc3)c(Cl)n2c(=O)[nH]1. The number of aromatic amines is 1. The Morgan fingerprint density at radius 1 is 0.978 bits per heavy atom. The minimum atomic E-state index is -0.497. The van der Waals surface area contributed by atoms with E-state index >= 15 is 0 Å². The van der Waals surface area contributed by atoms with Gasteiger partial charge in [-0.05, 0) is 65.5 Å². The van der Waals surface area contributed by atoms with Crippen LogP contribution in [0.1, 0.15) is 124 Å². The lowest BCUT2D eigenvalue weighted by atomic mass is 9.59. The summed E-state index contributed by atoms with van der Waals surface area (Å²) in [6, 6.07) is 7.13. The molecule has 1 aliphatic carbocycles. The summed E-state index contributed by atoms with van der Waals surface area (Å²) in [6.07, 6.45) is 6.66. The van der Waals surface area contributed by atoms with E-state index in [0.717, 1.165) is 25.7 Å². The molecule has 1 aromatic carbocycles. The number of rotatable bonds is 10. The molecule has 1 saturated carbocycles. The van der Waals surface area contributed by atoms with Gasteiger partial charge in [0.2, 0.25) is 0 Å². The maximum atomic E-state index is 14.6. The van der Waals surface area contributed by atoms with Gasteiger partial charge in [-0.25, -0.2) is 19.0 Å². The van der Waals surface area contributed by atoms with Gasteiger partial charge in [0, 0.05) is 28.8 Å². The van der Waals surface area contributed by atoms with E-state index in [2.05, 4.69) is 74.2 Å². The van der Waals surface area contributed by atoms with Crippen molar-refractivity contribution in [1.29, 1.82) is 0 Å². The third-order valence-electron chi connectivity index (χ3n) is 10.0. The van der Waals surface area contributed by atoms with Gasteiger partial charge in [-0.1, -0.05) is 124 Å². The highest BCUT2D eigenvalue weighted by molar-refractivity contribution is 6.34. The van der Waals surface area contributed by atoms with E-state index in [-0.39, 0.29) is 45.1 Å². The van der Waals surface area contributed by atoms with Crippen molar-refractivity contribution in [2.75, 3.05) is 0 Å². The Balaban J connectivity index is 1.81. The minimum Gasteiger partial charge on any atom is -0.458 e. The average molecular weight is 673 g/mol. The normalized spacial score (nSPS) is 21.6. The molecule has 1 fully saturated rings. The number of H-pyrrole nitrogens is 1. The van der Waals surface area contributed by atoms with Crippen molar-refractivity contribution in [3.05, 3.63) is 56.3 Å². The van der Waals surface area contributed by atoms with E-state index in [4.69, 9.17) is 32.9 Å². The molecule has 254 valence electrons. The van der Waals surface area contributed by atoms with Crippen LogP contribution in [0, 0.1) is 40.4 Å². The van der Waals surface area contributed by atoms with E-state index in [1.807, 2.05) is 12.1 Å². The quantitative estimate of drug-likeness (QED) is 0.218.